The van der Waals surface area contributed by atoms with Crippen LogP contribution in [-0.4, -0.2) is 37.1 Å². The van der Waals surface area contributed by atoms with Crippen LogP contribution in [0.1, 0.15) is 20.3 Å². The minimum atomic E-state index is 0.389. The molecule has 0 aliphatic rings. The molecule has 0 saturated heterocycles. The summed E-state index contributed by atoms with van der Waals surface area (Å²) >= 11 is 7.96. The maximum Gasteiger partial charge on any atom is 0.175 e. The van der Waals surface area contributed by atoms with Crippen molar-refractivity contribution in [2.75, 3.05) is 12.3 Å². The van der Waals surface area contributed by atoms with Crippen molar-refractivity contribution in [1.29, 1.82) is 0 Å². The highest BCUT2D eigenvalue weighted by Gasteiger charge is 2.16. The predicted octanol–water partition coefficient (Wildman–Crippen LogP) is 4.60. The standard InChI is InChI=1S/C21H24ClN7S/c1-13(2)25-5-3-7-29-20-18(19(23)26-12-27-20)28-21(29)30-17-9-15(8-16(22)10-17)14-4-6-24-11-14/h4,6,8-13,24-25H,3,5,7H2,1-2H3,(H2,23,26,27). The molecule has 0 fully saturated rings. The van der Waals surface area contributed by atoms with Gasteiger partial charge in [-0.3, -0.25) is 0 Å². The molecule has 0 radical (unpaired) electrons. The van der Waals surface area contributed by atoms with E-state index in [1.165, 1.54) is 6.33 Å². The van der Waals surface area contributed by atoms with Crippen molar-refractivity contribution >= 4 is 40.3 Å². The molecule has 0 unspecified atom stereocenters. The maximum absolute atomic E-state index is 6.41. The lowest BCUT2D eigenvalue weighted by atomic mass is 10.1. The van der Waals surface area contributed by atoms with E-state index < -0.39 is 0 Å². The first kappa shape index (κ1) is 20.7. The Kier molecular flexibility index (Phi) is 6.26. The zero-order valence-electron chi connectivity index (χ0n) is 16.9. The summed E-state index contributed by atoms with van der Waals surface area (Å²) < 4.78 is 2.11. The second-order valence-electron chi connectivity index (χ2n) is 7.32. The van der Waals surface area contributed by atoms with Gasteiger partial charge in [0.1, 0.15) is 6.33 Å². The number of halogens is 1. The van der Waals surface area contributed by atoms with Crippen LogP contribution in [0, 0.1) is 0 Å². The van der Waals surface area contributed by atoms with Crippen LogP contribution in [0.5, 0.6) is 0 Å². The van der Waals surface area contributed by atoms with Gasteiger partial charge in [0.25, 0.3) is 0 Å². The third kappa shape index (κ3) is 4.61. The number of fused-ring (bicyclic) bond motifs is 1. The van der Waals surface area contributed by atoms with E-state index in [2.05, 4.69) is 44.7 Å². The number of nitrogen functional groups attached to an aromatic ring is 1. The molecule has 0 aliphatic heterocycles. The Morgan fingerprint density at radius 3 is 2.87 bits per heavy atom. The third-order valence-electron chi connectivity index (χ3n) is 4.65. The first-order valence-electron chi connectivity index (χ1n) is 9.83. The SMILES string of the molecule is CC(C)NCCCn1c(Sc2cc(Cl)cc(-c3cc[nH]c3)c2)nc2c(N)ncnc21. The fraction of sp³-hybridized carbons (Fsp3) is 0.286. The van der Waals surface area contributed by atoms with Crippen LogP contribution in [0.15, 0.2) is 53.0 Å². The molecule has 4 aromatic rings. The lowest BCUT2D eigenvalue weighted by Gasteiger charge is -2.11. The molecular weight excluding hydrogens is 418 g/mol. The van der Waals surface area contributed by atoms with Crippen molar-refractivity contribution in [3.05, 3.63) is 48.0 Å². The summed E-state index contributed by atoms with van der Waals surface area (Å²) in [6.45, 7) is 5.98. The molecule has 0 saturated carbocycles. The van der Waals surface area contributed by atoms with Gasteiger partial charge in [-0.2, -0.15) is 0 Å². The number of anilines is 1. The monoisotopic (exact) mass is 441 g/mol. The van der Waals surface area contributed by atoms with Crippen molar-refractivity contribution in [3.63, 3.8) is 0 Å². The second-order valence-corrected chi connectivity index (χ2v) is 8.79. The zero-order chi connectivity index (χ0) is 21.1. The number of aryl methyl sites for hydroxylation is 1. The second kappa shape index (κ2) is 9.07. The first-order chi connectivity index (χ1) is 14.5. The Hall–Kier alpha value is -2.55. The molecular formula is C21H24ClN7S. The highest BCUT2D eigenvalue weighted by molar-refractivity contribution is 7.99. The number of hydrogen-bond donors (Lipinski definition) is 3. The van der Waals surface area contributed by atoms with E-state index in [0.29, 0.717) is 22.4 Å². The van der Waals surface area contributed by atoms with Crippen molar-refractivity contribution in [2.45, 2.75) is 42.9 Å². The largest absolute Gasteiger partial charge is 0.382 e. The lowest BCUT2D eigenvalue weighted by Crippen LogP contribution is -2.24. The number of nitrogens with two attached hydrogens (primary N) is 1. The summed E-state index contributed by atoms with van der Waals surface area (Å²) in [6, 6.07) is 8.49. The number of hydrogen-bond acceptors (Lipinski definition) is 6. The zero-order valence-corrected chi connectivity index (χ0v) is 18.5. The lowest BCUT2D eigenvalue weighted by molar-refractivity contribution is 0.525. The van der Waals surface area contributed by atoms with Gasteiger partial charge in [-0.1, -0.05) is 37.2 Å². The molecule has 30 heavy (non-hydrogen) atoms. The number of benzene rings is 1. The average molecular weight is 442 g/mol. The number of H-pyrrole nitrogens is 1. The molecule has 0 spiro atoms. The minimum absolute atomic E-state index is 0.389. The molecule has 0 bridgehead atoms. The average Bonchev–Trinajstić information content (AvgIpc) is 3.34. The molecule has 1 aromatic carbocycles. The number of imidazole rings is 1. The smallest absolute Gasteiger partial charge is 0.175 e. The molecule has 7 nitrogen and oxygen atoms in total. The molecule has 0 aliphatic carbocycles. The topological polar surface area (TPSA) is 97.4 Å². The number of nitrogens with zero attached hydrogens (tertiary/aromatic N) is 4. The van der Waals surface area contributed by atoms with Crippen molar-refractivity contribution in [3.8, 4) is 11.1 Å². The molecule has 0 amide bonds. The van der Waals surface area contributed by atoms with Gasteiger partial charge in [-0.25, -0.2) is 15.0 Å². The van der Waals surface area contributed by atoms with Crippen LogP contribution in [0.25, 0.3) is 22.3 Å². The van der Waals surface area contributed by atoms with E-state index in [1.54, 1.807) is 11.8 Å². The molecule has 156 valence electrons. The Morgan fingerprint density at radius 1 is 1.23 bits per heavy atom. The van der Waals surface area contributed by atoms with Gasteiger partial charge >= 0.3 is 0 Å². The summed E-state index contributed by atoms with van der Waals surface area (Å²) in [7, 11) is 0. The van der Waals surface area contributed by atoms with E-state index in [4.69, 9.17) is 22.3 Å². The van der Waals surface area contributed by atoms with Crippen molar-refractivity contribution < 1.29 is 0 Å². The number of rotatable bonds is 8. The van der Waals surface area contributed by atoms with Crippen LogP contribution in [0.3, 0.4) is 0 Å². The maximum atomic E-state index is 6.41. The van der Waals surface area contributed by atoms with E-state index in [0.717, 1.165) is 46.3 Å². The Morgan fingerprint density at radius 2 is 2.10 bits per heavy atom. The van der Waals surface area contributed by atoms with Crippen LogP contribution in [0.2, 0.25) is 5.02 Å². The normalized spacial score (nSPS) is 11.6. The molecule has 4 rings (SSSR count). The molecule has 4 N–H and O–H groups in total. The highest BCUT2D eigenvalue weighted by atomic mass is 35.5. The molecule has 3 aromatic heterocycles. The van der Waals surface area contributed by atoms with Gasteiger partial charge in [-0.05, 0) is 48.4 Å². The first-order valence-corrected chi connectivity index (χ1v) is 11.0. The van der Waals surface area contributed by atoms with Gasteiger partial charge in [0.05, 0.1) is 0 Å². The van der Waals surface area contributed by atoms with E-state index >= 15 is 0 Å². The van der Waals surface area contributed by atoms with Gasteiger partial charge in [-0.15, -0.1) is 0 Å². The third-order valence-corrected chi connectivity index (χ3v) is 5.83. The minimum Gasteiger partial charge on any atom is -0.382 e. The quantitative estimate of drug-likeness (QED) is 0.346. The number of aromatic nitrogens is 5. The fourth-order valence-electron chi connectivity index (χ4n) is 3.24. The van der Waals surface area contributed by atoms with Crippen LogP contribution < -0.4 is 11.1 Å². The van der Waals surface area contributed by atoms with Gasteiger partial charge in [0, 0.05) is 34.9 Å². The molecule has 9 heteroatoms. The van der Waals surface area contributed by atoms with E-state index in [1.807, 2.05) is 30.6 Å². The molecule has 0 atom stereocenters. The summed E-state index contributed by atoms with van der Waals surface area (Å²) in [6.07, 6.45) is 6.29. The summed E-state index contributed by atoms with van der Waals surface area (Å²) in [5.41, 5.74) is 9.58. The summed E-state index contributed by atoms with van der Waals surface area (Å²) in [5.74, 6) is 0.389. The van der Waals surface area contributed by atoms with Crippen molar-refractivity contribution in [1.82, 2.24) is 29.8 Å². The fourth-order valence-corrected chi connectivity index (χ4v) is 4.55. The number of aromatic amines is 1. The predicted molar refractivity (Wildman–Crippen MR) is 123 cm³/mol. The summed E-state index contributed by atoms with van der Waals surface area (Å²) in [5, 5.41) is 4.95. The Bertz CT molecular complexity index is 1140. The Balaban J connectivity index is 1.66. The van der Waals surface area contributed by atoms with E-state index in [-0.39, 0.29) is 0 Å². The Labute approximate surface area is 184 Å². The van der Waals surface area contributed by atoms with Gasteiger partial charge in [0.2, 0.25) is 0 Å². The number of nitrogens with one attached hydrogen (secondary N) is 2. The summed E-state index contributed by atoms with van der Waals surface area (Å²) in [4.78, 5) is 17.4. The van der Waals surface area contributed by atoms with E-state index in [9.17, 15) is 0 Å². The van der Waals surface area contributed by atoms with Crippen molar-refractivity contribution in [2.24, 2.45) is 0 Å². The van der Waals surface area contributed by atoms with Gasteiger partial charge in [0.15, 0.2) is 22.1 Å². The highest BCUT2D eigenvalue weighted by Crippen LogP contribution is 2.35. The van der Waals surface area contributed by atoms with Crippen LogP contribution in [-0.2, 0) is 6.54 Å². The van der Waals surface area contributed by atoms with Crippen LogP contribution in [0.4, 0.5) is 5.82 Å². The van der Waals surface area contributed by atoms with Crippen LogP contribution >= 0.6 is 23.4 Å². The molecule has 3 heterocycles. The van der Waals surface area contributed by atoms with Gasteiger partial charge < -0.3 is 20.6 Å².